The molecule has 0 bridgehead atoms. The van der Waals surface area contributed by atoms with E-state index < -0.39 is 67.4 Å². The Labute approximate surface area is 219 Å². The first-order valence-corrected chi connectivity index (χ1v) is 13.1. The normalized spacial score (nSPS) is 14.4. The lowest BCUT2D eigenvalue weighted by molar-refractivity contribution is -0.142. The van der Waals surface area contributed by atoms with Gasteiger partial charge in [0.1, 0.15) is 5.56 Å². The van der Waals surface area contributed by atoms with Crippen molar-refractivity contribution >= 4 is 21.4 Å². The lowest BCUT2D eigenvalue weighted by Crippen LogP contribution is -2.21. The van der Waals surface area contributed by atoms with Gasteiger partial charge in [0, 0.05) is 17.5 Å². The molecular formula is C25H19F5N4O4S. The highest BCUT2D eigenvalue weighted by atomic mass is 32.2. The lowest BCUT2D eigenvalue weighted by Gasteiger charge is -2.18. The Balaban J connectivity index is 1.80. The van der Waals surface area contributed by atoms with Crippen LogP contribution < -0.4 is 10.1 Å². The maximum Gasteiger partial charge on any atom is 0.435 e. The molecule has 1 fully saturated rings. The van der Waals surface area contributed by atoms with Crippen LogP contribution in [-0.2, 0) is 21.4 Å². The molecule has 2 aromatic carbocycles. The fourth-order valence-corrected chi connectivity index (χ4v) is 4.65. The third-order valence-electron chi connectivity index (χ3n) is 6.23. The van der Waals surface area contributed by atoms with Crippen molar-refractivity contribution in [3.63, 3.8) is 0 Å². The third-order valence-corrected chi connectivity index (χ3v) is 7.34. The average molecular weight is 567 g/mol. The second-order valence-corrected chi connectivity index (χ2v) is 11.1. The van der Waals surface area contributed by atoms with E-state index in [1.54, 1.807) is 0 Å². The largest absolute Gasteiger partial charge is 0.435 e. The van der Waals surface area contributed by atoms with Gasteiger partial charge in [-0.1, -0.05) is 6.07 Å². The van der Waals surface area contributed by atoms with E-state index >= 15 is 4.39 Å². The zero-order valence-corrected chi connectivity index (χ0v) is 21.4. The van der Waals surface area contributed by atoms with E-state index in [9.17, 15) is 36.0 Å². The SMILES string of the molecule is Cc1cc(C2(C#N)CC2)c(F)c(F)c1Oc1nnc(C(F)(F)F)c(C)c1C(=O)Nc1cccc(S(C)(=O)=O)c1. The predicted octanol–water partition coefficient (Wildman–Crippen LogP) is 5.39. The summed E-state index contributed by atoms with van der Waals surface area (Å²) in [4.78, 5) is 13.0. The van der Waals surface area contributed by atoms with Gasteiger partial charge in [0.25, 0.3) is 11.8 Å². The number of ether oxygens (including phenoxy) is 1. The number of amides is 1. The second-order valence-electron chi connectivity index (χ2n) is 9.10. The number of rotatable bonds is 6. The number of nitrogens with one attached hydrogen (secondary N) is 1. The van der Waals surface area contributed by atoms with Crippen LogP contribution in [0.4, 0.5) is 27.6 Å². The molecule has 1 aliphatic carbocycles. The van der Waals surface area contributed by atoms with E-state index in [2.05, 4.69) is 15.5 Å². The number of hydrogen-bond donors (Lipinski definition) is 1. The Morgan fingerprint density at radius 1 is 1.13 bits per heavy atom. The fourth-order valence-electron chi connectivity index (χ4n) is 3.98. The zero-order chi connectivity index (χ0) is 28.9. The average Bonchev–Trinajstić information content (AvgIpc) is 3.64. The van der Waals surface area contributed by atoms with Crippen molar-refractivity contribution in [2.75, 3.05) is 11.6 Å². The number of hydrogen-bond acceptors (Lipinski definition) is 7. The van der Waals surface area contributed by atoms with E-state index in [0.717, 1.165) is 19.2 Å². The standard InChI is InChI=1S/C25H19F5N4O4S/c1-12-9-16(24(11-31)7-8-24)18(26)19(27)20(12)38-23-17(13(2)21(33-34-23)25(28,29)30)22(35)32-14-5-4-6-15(10-14)39(3,36)37/h4-6,9-10H,7-8H2,1-3H3,(H,32,35). The molecule has 39 heavy (non-hydrogen) atoms. The van der Waals surface area contributed by atoms with Gasteiger partial charge in [0.2, 0.25) is 5.82 Å². The van der Waals surface area contributed by atoms with Gasteiger partial charge in [0.15, 0.2) is 27.1 Å². The summed E-state index contributed by atoms with van der Waals surface area (Å²) in [6.07, 6.45) is -3.44. The molecule has 1 saturated carbocycles. The van der Waals surface area contributed by atoms with Crippen LogP contribution in [0.5, 0.6) is 11.6 Å². The van der Waals surface area contributed by atoms with E-state index in [-0.39, 0.29) is 21.7 Å². The third kappa shape index (κ3) is 5.26. The van der Waals surface area contributed by atoms with Gasteiger partial charge in [-0.05, 0) is 62.1 Å². The van der Waals surface area contributed by atoms with Gasteiger partial charge in [-0.25, -0.2) is 12.8 Å². The second kappa shape index (κ2) is 9.57. The smallest absolute Gasteiger partial charge is 0.433 e. The molecule has 0 unspecified atom stereocenters. The van der Waals surface area contributed by atoms with E-state index in [4.69, 9.17) is 4.74 Å². The molecule has 0 aliphatic heterocycles. The molecule has 1 amide bonds. The Kier molecular flexibility index (Phi) is 6.84. The molecule has 4 rings (SSSR count). The van der Waals surface area contributed by atoms with Gasteiger partial charge in [-0.3, -0.25) is 4.79 Å². The Bertz CT molecular complexity index is 1660. The van der Waals surface area contributed by atoms with Crippen LogP contribution in [0.2, 0.25) is 0 Å². The molecule has 1 aromatic heterocycles. The number of halogens is 5. The van der Waals surface area contributed by atoms with Crippen molar-refractivity contribution < 1.29 is 39.9 Å². The molecule has 1 aliphatic rings. The Hall–Kier alpha value is -4.12. The Morgan fingerprint density at radius 3 is 2.36 bits per heavy atom. The first-order chi connectivity index (χ1) is 18.1. The quantitative estimate of drug-likeness (QED) is 0.397. The molecule has 0 spiro atoms. The number of carbonyl (C=O) groups excluding carboxylic acids is 1. The van der Waals surface area contributed by atoms with E-state index in [0.29, 0.717) is 12.8 Å². The van der Waals surface area contributed by atoms with Crippen molar-refractivity contribution in [2.24, 2.45) is 0 Å². The Morgan fingerprint density at radius 2 is 1.79 bits per heavy atom. The van der Waals surface area contributed by atoms with Crippen LogP contribution in [0.25, 0.3) is 0 Å². The van der Waals surface area contributed by atoms with Gasteiger partial charge in [0.05, 0.1) is 16.4 Å². The van der Waals surface area contributed by atoms with Crippen molar-refractivity contribution in [3.05, 3.63) is 69.9 Å². The minimum Gasteiger partial charge on any atom is -0.433 e. The first kappa shape index (κ1) is 27.9. The summed E-state index contributed by atoms with van der Waals surface area (Å²) in [5.74, 6) is -5.70. The number of benzene rings is 2. The summed E-state index contributed by atoms with van der Waals surface area (Å²) in [6.45, 7) is 2.25. The highest BCUT2D eigenvalue weighted by Gasteiger charge is 2.48. The number of carbonyl (C=O) groups is 1. The van der Waals surface area contributed by atoms with Gasteiger partial charge in [-0.2, -0.15) is 22.8 Å². The van der Waals surface area contributed by atoms with Crippen LogP contribution in [0.15, 0.2) is 35.2 Å². The minimum atomic E-state index is -5.02. The maximum atomic E-state index is 15.1. The summed E-state index contributed by atoms with van der Waals surface area (Å²) in [7, 11) is -3.68. The molecule has 1 heterocycles. The molecule has 204 valence electrons. The molecule has 0 atom stereocenters. The number of alkyl halides is 3. The van der Waals surface area contributed by atoms with Crippen molar-refractivity contribution in [3.8, 4) is 17.7 Å². The fraction of sp³-hybridized carbons (Fsp3) is 0.280. The summed E-state index contributed by atoms with van der Waals surface area (Å²) in [5, 5.41) is 18.1. The molecular weight excluding hydrogens is 547 g/mol. The van der Waals surface area contributed by atoms with Crippen LogP contribution in [0, 0.1) is 36.8 Å². The van der Waals surface area contributed by atoms with Gasteiger partial charge < -0.3 is 10.1 Å². The number of anilines is 1. The highest BCUT2D eigenvalue weighted by molar-refractivity contribution is 7.90. The van der Waals surface area contributed by atoms with Crippen molar-refractivity contribution in [1.29, 1.82) is 5.26 Å². The zero-order valence-electron chi connectivity index (χ0n) is 20.6. The predicted molar refractivity (Wildman–Crippen MR) is 127 cm³/mol. The summed E-state index contributed by atoms with van der Waals surface area (Å²) < 4.78 is 99.8. The van der Waals surface area contributed by atoms with Crippen LogP contribution in [0.3, 0.4) is 0 Å². The number of nitrogens with zero attached hydrogens (tertiary/aromatic N) is 3. The number of nitriles is 1. The van der Waals surface area contributed by atoms with Crippen LogP contribution in [0.1, 0.15) is 45.6 Å². The molecule has 3 aromatic rings. The monoisotopic (exact) mass is 566 g/mol. The number of sulfone groups is 1. The maximum absolute atomic E-state index is 15.1. The summed E-state index contributed by atoms with van der Waals surface area (Å²) >= 11 is 0. The van der Waals surface area contributed by atoms with Crippen molar-refractivity contribution in [1.82, 2.24) is 10.2 Å². The first-order valence-electron chi connectivity index (χ1n) is 11.2. The van der Waals surface area contributed by atoms with E-state index in [1.165, 1.54) is 31.2 Å². The topological polar surface area (TPSA) is 122 Å². The number of aromatic nitrogens is 2. The summed E-state index contributed by atoms with van der Waals surface area (Å²) in [6, 6.07) is 8.09. The van der Waals surface area contributed by atoms with Gasteiger partial charge >= 0.3 is 6.18 Å². The molecule has 1 N–H and O–H groups in total. The lowest BCUT2D eigenvalue weighted by atomic mass is 9.94. The van der Waals surface area contributed by atoms with Crippen molar-refractivity contribution in [2.45, 2.75) is 43.2 Å². The molecule has 14 heteroatoms. The van der Waals surface area contributed by atoms with E-state index in [1.807, 2.05) is 6.07 Å². The van der Waals surface area contributed by atoms with Gasteiger partial charge in [-0.15, -0.1) is 10.2 Å². The molecule has 8 nitrogen and oxygen atoms in total. The van der Waals surface area contributed by atoms with Crippen LogP contribution in [-0.4, -0.2) is 30.8 Å². The highest BCUT2D eigenvalue weighted by Crippen LogP contribution is 2.50. The molecule has 0 radical (unpaired) electrons. The molecule has 0 saturated heterocycles. The minimum absolute atomic E-state index is 0.00279. The van der Waals surface area contributed by atoms with Crippen LogP contribution >= 0.6 is 0 Å². The number of aryl methyl sites for hydroxylation is 1. The summed E-state index contributed by atoms with van der Waals surface area (Å²) in [5.41, 5.74) is -4.47.